The first-order chi connectivity index (χ1) is 7.76. The van der Waals surface area contributed by atoms with Gasteiger partial charge in [0, 0.05) is 19.3 Å². The number of hydrogen-bond acceptors (Lipinski definition) is 3. The van der Waals surface area contributed by atoms with Gasteiger partial charge in [-0.05, 0) is 6.92 Å². The molecule has 0 amide bonds. The van der Waals surface area contributed by atoms with E-state index in [2.05, 4.69) is 0 Å². The van der Waals surface area contributed by atoms with Crippen LogP contribution in [0.1, 0.15) is 13.3 Å². The van der Waals surface area contributed by atoms with Crippen molar-refractivity contribution < 1.29 is 13.2 Å². The summed E-state index contributed by atoms with van der Waals surface area (Å²) in [6.45, 7) is 1.14. The fourth-order valence-electron chi connectivity index (χ4n) is 1.34. The van der Waals surface area contributed by atoms with Crippen LogP contribution in [-0.2, 0) is 13.1 Å². The summed E-state index contributed by atoms with van der Waals surface area (Å²) in [6.07, 6.45) is -4.53. The molecule has 1 aromatic rings. The minimum absolute atomic E-state index is 0.231. The number of anilines is 1. The number of rotatable bonds is 3. The number of aryl methyl sites for hydroxylation is 1. The summed E-state index contributed by atoms with van der Waals surface area (Å²) < 4.78 is 37.7. The first kappa shape index (κ1) is 13.3. The van der Waals surface area contributed by atoms with Crippen LogP contribution < -0.4 is 17.0 Å². The normalized spacial score (nSPS) is 11.8. The maximum absolute atomic E-state index is 12.0. The first-order valence-corrected chi connectivity index (χ1v) is 4.92. The van der Waals surface area contributed by atoms with Gasteiger partial charge in [-0.15, -0.1) is 0 Å². The van der Waals surface area contributed by atoms with Gasteiger partial charge in [0.05, 0.1) is 6.42 Å². The van der Waals surface area contributed by atoms with Gasteiger partial charge in [-0.25, -0.2) is 4.79 Å². The average molecular weight is 251 g/mol. The number of halogens is 3. The van der Waals surface area contributed by atoms with Crippen LogP contribution in [-0.4, -0.2) is 15.3 Å². The Labute approximate surface area is 94.3 Å². The fourth-order valence-corrected chi connectivity index (χ4v) is 1.34. The number of hydrogen-bond donors (Lipinski definition) is 1. The van der Waals surface area contributed by atoms with Gasteiger partial charge in [0.15, 0.2) is 0 Å². The van der Waals surface area contributed by atoms with Crippen molar-refractivity contribution >= 4 is 5.69 Å². The molecular weight excluding hydrogens is 239 g/mol. The topological polar surface area (TPSA) is 70.0 Å². The molecule has 0 aliphatic rings. The molecule has 0 aliphatic heterocycles. The lowest BCUT2D eigenvalue weighted by Gasteiger charge is -2.11. The molecule has 2 N–H and O–H groups in total. The summed E-state index contributed by atoms with van der Waals surface area (Å²) in [5.74, 6) is 0. The molecule has 0 aromatic carbocycles. The highest BCUT2D eigenvalue weighted by molar-refractivity contribution is 5.30. The molecule has 8 heteroatoms. The highest BCUT2D eigenvalue weighted by atomic mass is 19.4. The predicted octanol–water partition coefficient (Wildman–Crippen LogP) is 0.565. The van der Waals surface area contributed by atoms with Crippen molar-refractivity contribution in [3.8, 4) is 0 Å². The van der Waals surface area contributed by atoms with Crippen molar-refractivity contribution in [1.82, 2.24) is 9.13 Å². The Morgan fingerprint density at radius 2 is 1.94 bits per heavy atom. The summed E-state index contributed by atoms with van der Waals surface area (Å²) in [7, 11) is 0. The van der Waals surface area contributed by atoms with Crippen LogP contribution in [0.4, 0.5) is 18.9 Å². The molecule has 17 heavy (non-hydrogen) atoms. The van der Waals surface area contributed by atoms with Gasteiger partial charge in [-0.2, -0.15) is 13.2 Å². The molecule has 0 fully saturated rings. The molecule has 0 saturated carbocycles. The van der Waals surface area contributed by atoms with E-state index in [9.17, 15) is 22.8 Å². The fraction of sp³-hybridized carbons (Fsp3) is 0.556. The Morgan fingerprint density at radius 3 is 2.41 bits per heavy atom. The van der Waals surface area contributed by atoms with Crippen LogP contribution in [0, 0.1) is 0 Å². The van der Waals surface area contributed by atoms with E-state index >= 15 is 0 Å². The quantitative estimate of drug-likeness (QED) is 0.853. The SMILES string of the molecule is CCn1cc(N)c(=O)n(CCC(F)(F)F)c1=O. The van der Waals surface area contributed by atoms with Gasteiger partial charge < -0.3 is 5.73 Å². The maximum atomic E-state index is 12.0. The third kappa shape index (κ3) is 3.11. The lowest BCUT2D eigenvalue weighted by molar-refractivity contribution is -0.137. The van der Waals surface area contributed by atoms with Gasteiger partial charge in [0.2, 0.25) is 0 Å². The molecule has 5 nitrogen and oxygen atoms in total. The molecule has 1 aromatic heterocycles. The number of alkyl halides is 3. The highest BCUT2D eigenvalue weighted by Gasteiger charge is 2.27. The second kappa shape index (κ2) is 4.64. The van der Waals surface area contributed by atoms with Crippen LogP contribution in [0.3, 0.4) is 0 Å². The van der Waals surface area contributed by atoms with Crippen LogP contribution in [0.2, 0.25) is 0 Å². The van der Waals surface area contributed by atoms with Gasteiger partial charge in [-0.1, -0.05) is 0 Å². The van der Waals surface area contributed by atoms with Gasteiger partial charge in [-0.3, -0.25) is 13.9 Å². The number of nitrogen functional groups attached to an aromatic ring is 1. The van der Waals surface area contributed by atoms with Gasteiger partial charge >= 0.3 is 11.9 Å². The molecule has 0 unspecified atom stereocenters. The van der Waals surface area contributed by atoms with E-state index in [1.165, 1.54) is 0 Å². The van der Waals surface area contributed by atoms with E-state index in [1.54, 1.807) is 6.92 Å². The Kier molecular flexibility index (Phi) is 3.64. The lowest BCUT2D eigenvalue weighted by atomic mass is 10.4. The van der Waals surface area contributed by atoms with E-state index < -0.39 is 30.4 Å². The molecule has 0 saturated heterocycles. The summed E-state index contributed by atoms with van der Waals surface area (Å²) in [5, 5.41) is 0. The van der Waals surface area contributed by atoms with Crippen molar-refractivity contribution in [2.75, 3.05) is 5.73 Å². The Hall–Kier alpha value is -1.73. The zero-order chi connectivity index (χ0) is 13.2. The third-order valence-corrected chi connectivity index (χ3v) is 2.22. The zero-order valence-corrected chi connectivity index (χ0v) is 9.12. The number of aromatic nitrogens is 2. The molecule has 1 heterocycles. The Bertz CT molecular complexity index is 516. The third-order valence-electron chi connectivity index (χ3n) is 2.22. The highest BCUT2D eigenvalue weighted by Crippen LogP contribution is 2.19. The Balaban J connectivity index is 3.19. The van der Waals surface area contributed by atoms with Crippen molar-refractivity contribution in [3.63, 3.8) is 0 Å². The monoisotopic (exact) mass is 251 g/mol. The smallest absolute Gasteiger partial charge is 0.390 e. The van der Waals surface area contributed by atoms with Crippen molar-refractivity contribution in [3.05, 3.63) is 27.0 Å². The molecule has 0 atom stereocenters. The van der Waals surface area contributed by atoms with Crippen molar-refractivity contribution in [2.45, 2.75) is 32.6 Å². The van der Waals surface area contributed by atoms with Crippen molar-refractivity contribution in [2.24, 2.45) is 0 Å². The molecule has 0 bridgehead atoms. The molecule has 96 valence electrons. The zero-order valence-electron chi connectivity index (χ0n) is 9.12. The molecule has 1 rings (SSSR count). The average Bonchev–Trinajstić information content (AvgIpc) is 2.22. The summed E-state index contributed by atoms with van der Waals surface area (Å²) >= 11 is 0. The van der Waals surface area contributed by atoms with E-state index in [1.807, 2.05) is 0 Å². The molecule has 0 spiro atoms. The summed E-state index contributed by atoms with van der Waals surface area (Å²) in [4.78, 5) is 23.0. The second-order valence-electron chi connectivity index (χ2n) is 3.47. The summed E-state index contributed by atoms with van der Waals surface area (Å²) in [5.41, 5.74) is 3.42. The van der Waals surface area contributed by atoms with Crippen LogP contribution in [0.15, 0.2) is 15.8 Å². The van der Waals surface area contributed by atoms with Gasteiger partial charge in [0.25, 0.3) is 5.56 Å². The lowest BCUT2D eigenvalue weighted by Crippen LogP contribution is -2.41. The molecule has 0 aliphatic carbocycles. The van der Waals surface area contributed by atoms with E-state index in [0.29, 0.717) is 4.57 Å². The summed E-state index contributed by atoms with van der Waals surface area (Å²) in [6, 6.07) is 0. The van der Waals surface area contributed by atoms with E-state index in [-0.39, 0.29) is 12.2 Å². The second-order valence-corrected chi connectivity index (χ2v) is 3.47. The minimum atomic E-state index is -4.42. The van der Waals surface area contributed by atoms with Crippen LogP contribution in [0.5, 0.6) is 0 Å². The minimum Gasteiger partial charge on any atom is -0.393 e. The maximum Gasteiger partial charge on any atom is 0.390 e. The van der Waals surface area contributed by atoms with Crippen LogP contribution in [0.25, 0.3) is 0 Å². The Morgan fingerprint density at radius 1 is 1.35 bits per heavy atom. The van der Waals surface area contributed by atoms with Gasteiger partial charge in [0.1, 0.15) is 5.69 Å². The molecular formula is C9H12F3N3O2. The largest absolute Gasteiger partial charge is 0.393 e. The number of nitrogens with two attached hydrogens (primary N) is 1. The van der Waals surface area contributed by atoms with Crippen molar-refractivity contribution in [1.29, 1.82) is 0 Å². The first-order valence-electron chi connectivity index (χ1n) is 4.92. The predicted molar refractivity (Wildman–Crippen MR) is 55.7 cm³/mol. The number of nitrogens with zero attached hydrogens (tertiary/aromatic N) is 2. The standard InChI is InChI=1S/C9H12F3N3O2/c1-2-14-5-6(13)7(16)15(8(14)17)4-3-9(10,11)12/h5H,2-4,13H2,1H3. The van der Waals surface area contributed by atoms with E-state index in [0.717, 1.165) is 10.8 Å². The van der Waals surface area contributed by atoms with Crippen LogP contribution >= 0.6 is 0 Å². The molecule has 0 radical (unpaired) electrons. The van der Waals surface area contributed by atoms with E-state index in [4.69, 9.17) is 5.73 Å².